The highest BCUT2D eigenvalue weighted by atomic mass is 32.2. The quantitative estimate of drug-likeness (QED) is 0.196. The molecule has 3 radical (unpaired) electrons. The summed E-state index contributed by atoms with van der Waals surface area (Å²) in [5.41, 5.74) is 7.18. The number of carboxylic acid groups (broad SMARTS) is 1. The van der Waals surface area contributed by atoms with E-state index in [1.807, 2.05) is 72.8 Å². The lowest BCUT2D eigenvalue weighted by atomic mass is 9.99. The van der Waals surface area contributed by atoms with Crippen molar-refractivity contribution in [3.05, 3.63) is 88.5 Å². The first-order chi connectivity index (χ1) is 22.6. The van der Waals surface area contributed by atoms with Crippen LogP contribution in [0.25, 0.3) is 27.2 Å². The van der Waals surface area contributed by atoms with Crippen LogP contribution in [0.15, 0.2) is 70.3 Å². The molecule has 0 atom stereocenters. The van der Waals surface area contributed by atoms with Crippen LogP contribution >= 0.6 is 23.5 Å². The van der Waals surface area contributed by atoms with Crippen LogP contribution in [0.2, 0.25) is 0 Å². The van der Waals surface area contributed by atoms with Gasteiger partial charge in [0.25, 0.3) is 0 Å². The lowest BCUT2D eigenvalue weighted by Crippen LogP contribution is -2.16. The number of thioether (sulfide) groups is 2. The predicted octanol–water partition coefficient (Wildman–Crippen LogP) is 6.78. The molecule has 3 heterocycles. The topological polar surface area (TPSA) is 84.9 Å². The number of allylic oxidation sites excluding steroid dienone is 2. The lowest BCUT2D eigenvalue weighted by molar-refractivity contribution is 0.0685. The molecule has 5 aromatic rings. The molecule has 0 saturated carbocycles. The Balaban J connectivity index is 1.41. The van der Waals surface area contributed by atoms with E-state index in [0.29, 0.717) is 25.1 Å². The fraction of sp³-hybridized carbons (Fsp3) is 0.306. The molecule has 1 N–H and O–H groups in total. The van der Waals surface area contributed by atoms with E-state index in [1.165, 1.54) is 0 Å². The summed E-state index contributed by atoms with van der Waals surface area (Å²) in [5, 5.41) is 25.8. The number of ether oxygens (including phenoxy) is 1. The number of hydrazone groups is 1. The van der Waals surface area contributed by atoms with E-state index in [0.717, 1.165) is 88.6 Å². The maximum Gasteiger partial charge on any atom is 0.352 e. The molecule has 2 aromatic heterocycles. The number of aromatic carboxylic acids is 1. The van der Waals surface area contributed by atoms with Gasteiger partial charge in [0, 0.05) is 77.2 Å². The first kappa shape index (κ1) is 33.0. The van der Waals surface area contributed by atoms with Crippen LogP contribution in [-0.4, -0.2) is 66.3 Å². The third-order valence-electron chi connectivity index (χ3n) is 8.80. The number of hydrogen-bond acceptors (Lipinski definition) is 7. The van der Waals surface area contributed by atoms with Crippen LogP contribution in [0.1, 0.15) is 53.3 Å². The van der Waals surface area contributed by atoms with Crippen molar-refractivity contribution in [1.82, 2.24) is 19.4 Å². The van der Waals surface area contributed by atoms with E-state index in [9.17, 15) is 9.90 Å². The summed E-state index contributed by atoms with van der Waals surface area (Å²) in [6.07, 6.45) is 3.16. The number of rotatable bonds is 1. The maximum absolute atomic E-state index is 12.7. The number of benzene rings is 3. The van der Waals surface area contributed by atoms with Crippen molar-refractivity contribution in [3.8, 4) is 5.75 Å². The molecule has 47 heavy (non-hydrogen) atoms. The molecular weight excluding hydrogens is 643 g/mol. The van der Waals surface area contributed by atoms with Crippen molar-refractivity contribution in [2.24, 2.45) is 19.2 Å². The molecule has 8 nitrogen and oxygen atoms in total. The Hall–Kier alpha value is -3.93. The summed E-state index contributed by atoms with van der Waals surface area (Å²) in [6, 6.07) is 18.8. The van der Waals surface area contributed by atoms with Gasteiger partial charge in [-0.25, -0.2) is 4.79 Å². The summed E-state index contributed by atoms with van der Waals surface area (Å²) in [5.74, 6) is 2.24. The number of nitrogens with zero attached hydrogens (tertiary/aromatic N) is 5. The van der Waals surface area contributed by atoms with Gasteiger partial charge in [-0.3, -0.25) is 9.69 Å². The van der Waals surface area contributed by atoms with Gasteiger partial charge in [0.15, 0.2) is 0 Å². The third kappa shape index (κ3) is 6.74. The summed E-state index contributed by atoms with van der Waals surface area (Å²) < 4.78 is 10.2. The fourth-order valence-electron chi connectivity index (χ4n) is 6.23. The largest absolute Gasteiger partial charge is 0.493 e. The van der Waals surface area contributed by atoms with Gasteiger partial charge < -0.3 is 14.4 Å². The van der Waals surface area contributed by atoms with Gasteiger partial charge in [-0.1, -0.05) is 41.6 Å². The van der Waals surface area contributed by atoms with Gasteiger partial charge in [0.2, 0.25) is 0 Å². The third-order valence-corrected chi connectivity index (χ3v) is 11.1. The van der Waals surface area contributed by atoms with Gasteiger partial charge in [-0.15, -0.1) is 23.5 Å². The zero-order valence-corrected chi connectivity index (χ0v) is 30.0. The van der Waals surface area contributed by atoms with Crippen LogP contribution in [0, 0.1) is 0 Å². The van der Waals surface area contributed by atoms with Gasteiger partial charge >= 0.3 is 5.97 Å². The second-order valence-corrected chi connectivity index (χ2v) is 14.4. The number of hydrogen-bond donors (Lipinski definition) is 1. The molecular formula is C36H38N5O3S2Si. The Morgan fingerprint density at radius 3 is 2.64 bits per heavy atom. The predicted molar refractivity (Wildman–Crippen MR) is 196 cm³/mol. The van der Waals surface area contributed by atoms with Crippen molar-refractivity contribution in [1.29, 1.82) is 0 Å². The van der Waals surface area contributed by atoms with Crippen molar-refractivity contribution in [3.63, 3.8) is 0 Å². The molecule has 8 bridgehead atoms. The van der Waals surface area contributed by atoms with Gasteiger partial charge in [-0.2, -0.15) is 10.2 Å². The summed E-state index contributed by atoms with van der Waals surface area (Å²) in [4.78, 5) is 13.8. The van der Waals surface area contributed by atoms with Crippen LogP contribution in [0.3, 0.4) is 0 Å². The minimum absolute atomic E-state index is 0.305. The molecule has 6 rings (SSSR count). The standard InChI is InChI=1S/C36H38N5O3S2Si/c1-22-23(2)40(4)37-14-16-45-20-25-18-26(41(5)38-25)21-46-27-17-24-9-6-7-10-28(24)31(19-27)44-15-8-11-29-30-12-13-32(47)33(22)34(30)39(3)35(29)36(42)43/h6-7,9-10,12-14,17-19H,8,11,15-16,20-21H2,1-5H3,(H,42,43)/b23-22+,37-14+. The summed E-state index contributed by atoms with van der Waals surface area (Å²) in [7, 11) is 9.63. The van der Waals surface area contributed by atoms with E-state index < -0.39 is 5.97 Å². The average molecular weight is 681 g/mol. The molecule has 241 valence electrons. The molecule has 0 saturated heterocycles. The van der Waals surface area contributed by atoms with Crippen molar-refractivity contribution >= 4 is 78.4 Å². The SMILES string of the molecule is C/C1=C(/C)N(C)/N=C/CSCc2cc(n(C)n2)CSc2cc(c3ccccc3c2)OCCCc2c(C(=O)O)n(C)c3c1c([Si])ccc23. The minimum atomic E-state index is -0.938. The van der Waals surface area contributed by atoms with Crippen molar-refractivity contribution in [2.45, 2.75) is 43.1 Å². The molecule has 1 aliphatic rings. The van der Waals surface area contributed by atoms with Crippen LogP contribution in [0.4, 0.5) is 0 Å². The molecule has 0 spiro atoms. The van der Waals surface area contributed by atoms with Crippen LogP contribution in [0.5, 0.6) is 5.75 Å². The van der Waals surface area contributed by atoms with Crippen LogP contribution in [-0.2, 0) is 32.0 Å². The number of fused-ring (bicyclic) bond motifs is 6. The fourth-order valence-corrected chi connectivity index (χ4v) is 8.24. The zero-order chi connectivity index (χ0) is 33.2. The molecule has 11 heteroatoms. The smallest absolute Gasteiger partial charge is 0.352 e. The van der Waals surface area contributed by atoms with E-state index in [2.05, 4.69) is 47.5 Å². The first-order valence-electron chi connectivity index (χ1n) is 15.5. The molecule has 0 amide bonds. The van der Waals surface area contributed by atoms with E-state index >= 15 is 0 Å². The average Bonchev–Trinajstić information content (AvgIpc) is 3.55. The second-order valence-electron chi connectivity index (χ2n) is 11.8. The highest BCUT2D eigenvalue weighted by Crippen LogP contribution is 2.35. The van der Waals surface area contributed by atoms with E-state index in [1.54, 1.807) is 23.5 Å². The zero-order valence-electron chi connectivity index (χ0n) is 27.3. The number of aryl methyl sites for hydroxylation is 3. The Bertz CT molecular complexity index is 2050. The monoisotopic (exact) mass is 680 g/mol. The van der Waals surface area contributed by atoms with E-state index in [-0.39, 0.29) is 0 Å². The highest BCUT2D eigenvalue weighted by Gasteiger charge is 2.24. The molecule has 0 unspecified atom stereocenters. The second kappa shape index (κ2) is 14.0. The Kier molecular flexibility index (Phi) is 9.86. The normalized spacial score (nSPS) is 17.5. The van der Waals surface area contributed by atoms with E-state index in [4.69, 9.17) is 14.9 Å². The molecule has 1 aliphatic heterocycles. The van der Waals surface area contributed by atoms with Crippen molar-refractivity contribution in [2.75, 3.05) is 19.4 Å². The summed E-state index contributed by atoms with van der Waals surface area (Å²) >= 11 is 3.54. The molecule has 0 aliphatic carbocycles. The van der Waals surface area contributed by atoms with Gasteiger partial charge in [0.1, 0.15) is 11.4 Å². The highest BCUT2D eigenvalue weighted by molar-refractivity contribution is 7.99. The number of carboxylic acids is 1. The Morgan fingerprint density at radius 1 is 1.02 bits per heavy atom. The number of aromatic nitrogens is 3. The van der Waals surface area contributed by atoms with Gasteiger partial charge in [-0.05, 0) is 61.4 Å². The van der Waals surface area contributed by atoms with Crippen molar-refractivity contribution < 1.29 is 14.6 Å². The molecule has 0 fully saturated rings. The molecule has 3 aromatic carbocycles. The van der Waals surface area contributed by atoms with Gasteiger partial charge in [0.05, 0.1) is 28.1 Å². The Morgan fingerprint density at radius 2 is 1.83 bits per heavy atom. The first-order valence-corrected chi connectivity index (χ1v) is 18.2. The minimum Gasteiger partial charge on any atom is -0.493 e. The maximum atomic E-state index is 12.7. The lowest BCUT2D eigenvalue weighted by Gasteiger charge is -2.19. The number of carbonyl (C=O) groups is 1. The summed E-state index contributed by atoms with van der Waals surface area (Å²) in [6.45, 7) is 4.56. The van der Waals surface area contributed by atoms with Crippen LogP contribution < -0.4 is 9.92 Å². The Labute approximate surface area is 287 Å².